The molecule has 1 aliphatic heterocycles. The number of likely N-dealkylation sites (tertiary alicyclic amines) is 1. The predicted octanol–water partition coefficient (Wildman–Crippen LogP) is 0.269. The fourth-order valence-corrected chi connectivity index (χ4v) is 1.53. The lowest BCUT2D eigenvalue weighted by atomic mass is 9.99. The van der Waals surface area contributed by atoms with E-state index in [0.717, 1.165) is 6.54 Å². The van der Waals surface area contributed by atoms with Gasteiger partial charge in [0.1, 0.15) is 0 Å². The van der Waals surface area contributed by atoms with E-state index in [9.17, 15) is 4.79 Å². The molecule has 1 saturated heterocycles. The number of carboxylic acids is 1. The highest BCUT2D eigenvalue weighted by atomic mass is 16.4. The Morgan fingerprint density at radius 2 is 2.20 bits per heavy atom. The van der Waals surface area contributed by atoms with Crippen LogP contribution in [0.1, 0.15) is 6.92 Å². The molecule has 1 aliphatic rings. The second-order valence-corrected chi connectivity index (χ2v) is 3.14. The van der Waals surface area contributed by atoms with Crippen LogP contribution in [0.15, 0.2) is 0 Å². The van der Waals surface area contributed by atoms with Crippen molar-refractivity contribution in [2.45, 2.75) is 6.92 Å². The molecule has 0 aromatic carbocycles. The van der Waals surface area contributed by atoms with Gasteiger partial charge >= 0.3 is 5.97 Å². The summed E-state index contributed by atoms with van der Waals surface area (Å²) in [6, 6.07) is 0. The highest BCUT2D eigenvalue weighted by molar-refractivity contribution is 5.71. The van der Waals surface area contributed by atoms with E-state index in [-0.39, 0.29) is 5.92 Å². The van der Waals surface area contributed by atoms with Gasteiger partial charge in [0.2, 0.25) is 0 Å². The third-order valence-corrected chi connectivity index (χ3v) is 2.11. The van der Waals surface area contributed by atoms with Gasteiger partial charge in [0.15, 0.2) is 0 Å². The summed E-state index contributed by atoms with van der Waals surface area (Å²) in [5.41, 5.74) is 0. The Bertz CT molecular complexity index is 147. The molecular formula is C7H13NO2. The van der Waals surface area contributed by atoms with Gasteiger partial charge in [-0.2, -0.15) is 0 Å². The first kappa shape index (κ1) is 7.54. The van der Waals surface area contributed by atoms with E-state index in [0.29, 0.717) is 12.5 Å². The van der Waals surface area contributed by atoms with Crippen molar-refractivity contribution in [1.29, 1.82) is 0 Å². The van der Waals surface area contributed by atoms with E-state index in [1.807, 2.05) is 14.0 Å². The Kier molecular flexibility index (Phi) is 1.94. The van der Waals surface area contributed by atoms with Crippen molar-refractivity contribution in [2.24, 2.45) is 11.8 Å². The standard InChI is InChI=1S/C7H13NO2/c1-5-3-8(2)4-6(5)7(9)10/h5-6H,3-4H2,1-2H3,(H,9,10). The highest BCUT2D eigenvalue weighted by Crippen LogP contribution is 2.20. The molecule has 0 amide bonds. The molecule has 10 heavy (non-hydrogen) atoms. The number of hydrogen-bond donors (Lipinski definition) is 1. The monoisotopic (exact) mass is 143 g/mol. The molecule has 1 N–H and O–H groups in total. The van der Waals surface area contributed by atoms with Crippen LogP contribution in [0.2, 0.25) is 0 Å². The van der Waals surface area contributed by atoms with Gasteiger partial charge in [-0.3, -0.25) is 4.79 Å². The highest BCUT2D eigenvalue weighted by Gasteiger charge is 2.32. The summed E-state index contributed by atoms with van der Waals surface area (Å²) >= 11 is 0. The van der Waals surface area contributed by atoms with Gasteiger partial charge < -0.3 is 10.0 Å². The van der Waals surface area contributed by atoms with Crippen molar-refractivity contribution in [3.63, 3.8) is 0 Å². The summed E-state index contributed by atoms with van der Waals surface area (Å²) in [4.78, 5) is 12.6. The summed E-state index contributed by atoms with van der Waals surface area (Å²) < 4.78 is 0. The average molecular weight is 143 g/mol. The number of nitrogens with zero attached hydrogens (tertiary/aromatic N) is 1. The van der Waals surface area contributed by atoms with Gasteiger partial charge in [0.25, 0.3) is 0 Å². The zero-order chi connectivity index (χ0) is 7.72. The molecule has 0 aromatic heterocycles. The Labute approximate surface area is 60.6 Å². The van der Waals surface area contributed by atoms with Gasteiger partial charge in [0, 0.05) is 13.1 Å². The van der Waals surface area contributed by atoms with E-state index in [4.69, 9.17) is 5.11 Å². The van der Waals surface area contributed by atoms with Crippen LogP contribution in [0, 0.1) is 11.8 Å². The Hall–Kier alpha value is -0.570. The molecule has 3 nitrogen and oxygen atoms in total. The predicted molar refractivity (Wildman–Crippen MR) is 37.8 cm³/mol. The summed E-state index contributed by atoms with van der Waals surface area (Å²) in [5.74, 6) is -0.496. The maximum Gasteiger partial charge on any atom is 0.308 e. The van der Waals surface area contributed by atoms with E-state index < -0.39 is 5.97 Å². The molecule has 58 valence electrons. The van der Waals surface area contributed by atoms with Crippen LogP contribution in [0.3, 0.4) is 0 Å². The van der Waals surface area contributed by atoms with Gasteiger partial charge in [0.05, 0.1) is 5.92 Å². The minimum Gasteiger partial charge on any atom is -0.481 e. The Morgan fingerprint density at radius 1 is 1.60 bits per heavy atom. The van der Waals surface area contributed by atoms with Crippen molar-refractivity contribution in [3.8, 4) is 0 Å². The molecule has 3 heteroatoms. The van der Waals surface area contributed by atoms with Crippen molar-refractivity contribution in [3.05, 3.63) is 0 Å². The van der Waals surface area contributed by atoms with Crippen molar-refractivity contribution in [2.75, 3.05) is 20.1 Å². The van der Waals surface area contributed by atoms with Gasteiger partial charge in [-0.05, 0) is 13.0 Å². The largest absolute Gasteiger partial charge is 0.481 e. The number of rotatable bonds is 1. The Morgan fingerprint density at radius 3 is 2.40 bits per heavy atom. The van der Waals surface area contributed by atoms with Crippen LogP contribution in [0.25, 0.3) is 0 Å². The molecule has 0 saturated carbocycles. The maximum absolute atomic E-state index is 10.5. The summed E-state index contributed by atoms with van der Waals surface area (Å²) in [6.45, 7) is 3.61. The number of carbonyl (C=O) groups is 1. The minimum absolute atomic E-state index is 0.148. The Balaban J connectivity index is 2.54. The molecule has 0 bridgehead atoms. The summed E-state index contributed by atoms with van der Waals surface area (Å²) in [5, 5.41) is 8.67. The first-order chi connectivity index (χ1) is 4.61. The van der Waals surface area contributed by atoms with E-state index in [1.54, 1.807) is 0 Å². The average Bonchev–Trinajstić information content (AvgIpc) is 2.10. The van der Waals surface area contributed by atoms with E-state index in [1.165, 1.54) is 0 Å². The minimum atomic E-state index is -0.656. The molecule has 0 aromatic rings. The normalized spacial score (nSPS) is 34.6. The van der Waals surface area contributed by atoms with Crippen LogP contribution in [-0.4, -0.2) is 36.1 Å². The smallest absolute Gasteiger partial charge is 0.308 e. The van der Waals surface area contributed by atoms with Crippen molar-refractivity contribution in [1.82, 2.24) is 4.90 Å². The molecule has 1 heterocycles. The lowest BCUT2D eigenvalue weighted by Crippen LogP contribution is -2.20. The van der Waals surface area contributed by atoms with Crippen molar-refractivity contribution < 1.29 is 9.90 Å². The SMILES string of the molecule is CC1CN(C)CC1C(=O)O. The quantitative estimate of drug-likeness (QED) is 0.572. The van der Waals surface area contributed by atoms with Crippen molar-refractivity contribution >= 4 is 5.97 Å². The molecule has 2 atom stereocenters. The molecule has 1 rings (SSSR count). The van der Waals surface area contributed by atoms with Gasteiger partial charge in [-0.1, -0.05) is 6.92 Å². The third kappa shape index (κ3) is 1.29. The van der Waals surface area contributed by atoms with Crippen LogP contribution in [0.4, 0.5) is 0 Å². The van der Waals surface area contributed by atoms with Crippen LogP contribution in [0.5, 0.6) is 0 Å². The third-order valence-electron chi connectivity index (χ3n) is 2.11. The summed E-state index contributed by atoms with van der Waals surface area (Å²) in [7, 11) is 1.96. The second kappa shape index (κ2) is 2.58. The number of hydrogen-bond acceptors (Lipinski definition) is 2. The van der Waals surface area contributed by atoms with Crippen LogP contribution < -0.4 is 0 Å². The summed E-state index contributed by atoms with van der Waals surface area (Å²) in [6.07, 6.45) is 0. The first-order valence-electron chi connectivity index (χ1n) is 3.52. The topological polar surface area (TPSA) is 40.5 Å². The lowest BCUT2D eigenvalue weighted by Gasteiger charge is -2.06. The zero-order valence-corrected chi connectivity index (χ0v) is 6.37. The maximum atomic E-state index is 10.5. The fourth-order valence-electron chi connectivity index (χ4n) is 1.53. The molecule has 0 spiro atoms. The lowest BCUT2D eigenvalue weighted by molar-refractivity contribution is -0.142. The fraction of sp³-hybridized carbons (Fsp3) is 0.857. The molecule has 1 fully saturated rings. The number of aliphatic carboxylic acids is 1. The van der Waals surface area contributed by atoms with Crippen LogP contribution >= 0.6 is 0 Å². The molecule has 2 unspecified atom stereocenters. The number of carboxylic acid groups (broad SMARTS) is 1. The van der Waals surface area contributed by atoms with Gasteiger partial charge in [-0.15, -0.1) is 0 Å². The molecule has 0 radical (unpaired) electrons. The molecular weight excluding hydrogens is 130 g/mol. The molecule has 0 aliphatic carbocycles. The van der Waals surface area contributed by atoms with Crippen LogP contribution in [-0.2, 0) is 4.79 Å². The van der Waals surface area contributed by atoms with E-state index in [2.05, 4.69) is 4.90 Å². The zero-order valence-electron chi connectivity index (χ0n) is 6.37. The second-order valence-electron chi connectivity index (χ2n) is 3.14. The first-order valence-corrected chi connectivity index (χ1v) is 3.52. The van der Waals surface area contributed by atoms with Gasteiger partial charge in [-0.25, -0.2) is 0 Å². The van der Waals surface area contributed by atoms with E-state index >= 15 is 0 Å².